The molecule has 1 aliphatic rings. The first-order valence-electron chi connectivity index (χ1n) is 9.75. The minimum Gasteiger partial charge on any atom is -0.338 e. The number of likely N-dealkylation sites (N-methyl/N-ethyl adjacent to an activating group) is 1. The van der Waals surface area contributed by atoms with Crippen molar-refractivity contribution in [3.05, 3.63) is 29.3 Å². The molecule has 0 spiro atoms. The highest BCUT2D eigenvalue weighted by Crippen LogP contribution is 2.17. The molecule has 1 fully saturated rings. The number of piperazine rings is 1. The Morgan fingerprint density at radius 1 is 1.00 bits per heavy atom. The van der Waals surface area contributed by atoms with Crippen molar-refractivity contribution in [1.29, 1.82) is 0 Å². The highest BCUT2D eigenvalue weighted by molar-refractivity contribution is 5.92. The molecular weight excluding hydrogens is 328 g/mol. The predicted octanol–water partition coefficient (Wildman–Crippen LogP) is -1.11. The second-order valence-corrected chi connectivity index (χ2v) is 7.22. The summed E-state index contributed by atoms with van der Waals surface area (Å²) in [5.74, 6) is 0.303. The van der Waals surface area contributed by atoms with Crippen LogP contribution in [0.15, 0.2) is 18.2 Å². The Morgan fingerprint density at radius 2 is 1.58 bits per heavy atom. The van der Waals surface area contributed by atoms with Crippen molar-refractivity contribution in [2.24, 2.45) is 0 Å². The van der Waals surface area contributed by atoms with Gasteiger partial charge in [0.25, 0.3) is 11.8 Å². The summed E-state index contributed by atoms with van der Waals surface area (Å²) in [6.45, 7) is 14.5. The lowest BCUT2D eigenvalue weighted by Crippen LogP contribution is -3.28. The monoisotopic (exact) mass is 362 g/mol. The lowest BCUT2D eigenvalue weighted by Gasteiger charge is -2.30. The van der Waals surface area contributed by atoms with Crippen LogP contribution in [0.1, 0.15) is 25.0 Å². The number of nitrogens with one attached hydrogen (secondary N) is 3. The molecule has 2 amide bonds. The van der Waals surface area contributed by atoms with Crippen LogP contribution in [0, 0.1) is 13.8 Å². The summed E-state index contributed by atoms with van der Waals surface area (Å²) in [6.07, 6.45) is 0. The van der Waals surface area contributed by atoms with Gasteiger partial charge >= 0.3 is 0 Å². The lowest BCUT2D eigenvalue weighted by molar-refractivity contribution is -1.00. The quantitative estimate of drug-likeness (QED) is 0.576. The highest BCUT2D eigenvalue weighted by atomic mass is 16.2. The standard InChI is InChI=1S/C20H32N4O2/c1-5-24(6-2)20(26)15-23-12-10-22(11-13-23)14-19(25)21-18-9-7-8-16(3)17(18)4/h7-9H,5-6,10-15H2,1-4H3,(H,21,25)/p+2. The summed E-state index contributed by atoms with van der Waals surface area (Å²) in [4.78, 5) is 29.1. The molecule has 0 radical (unpaired) electrons. The number of aryl methyl sites for hydroxylation is 1. The van der Waals surface area contributed by atoms with Gasteiger partial charge in [0.1, 0.15) is 26.2 Å². The number of carbonyl (C=O) groups is 2. The Balaban J connectivity index is 1.77. The van der Waals surface area contributed by atoms with Crippen LogP contribution >= 0.6 is 0 Å². The molecule has 6 heteroatoms. The zero-order chi connectivity index (χ0) is 19.1. The van der Waals surface area contributed by atoms with Crippen molar-refractivity contribution in [2.75, 3.05) is 57.7 Å². The van der Waals surface area contributed by atoms with Gasteiger partial charge in [-0.15, -0.1) is 0 Å². The Kier molecular flexibility index (Phi) is 7.60. The van der Waals surface area contributed by atoms with Crippen molar-refractivity contribution in [2.45, 2.75) is 27.7 Å². The fraction of sp³-hybridized carbons (Fsp3) is 0.600. The van der Waals surface area contributed by atoms with E-state index >= 15 is 0 Å². The molecule has 0 aliphatic carbocycles. The molecule has 0 saturated carbocycles. The van der Waals surface area contributed by atoms with Gasteiger partial charge in [-0.25, -0.2) is 0 Å². The summed E-state index contributed by atoms with van der Waals surface area (Å²) in [6, 6.07) is 5.98. The fourth-order valence-electron chi connectivity index (χ4n) is 3.52. The van der Waals surface area contributed by atoms with Gasteiger partial charge in [0.05, 0.1) is 0 Å². The van der Waals surface area contributed by atoms with Crippen molar-refractivity contribution in [1.82, 2.24) is 4.90 Å². The first-order valence-corrected chi connectivity index (χ1v) is 9.75. The van der Waals surface area contributed by atoms with E-state index in [0.29, 0.717) is 13.1 Å². The number of quaternary nitrogens is 2. The van der Waals surface area contributed by atoms with Crippen molar-refractivity contribution < 1.29 is 19.4 Å². The second kappa shape index (κ2) is 9.69. The van der Waals surface area contributed by atoms with E-state index in [-0.39, 0.29) is 11.8 Å². The van der Waals surface area contributed by atoms with E-state index < -0.39 is 0 Å². The van der Waals surface area contributed by atoms with Gasteiger partial charge < -0.3 is 20.0 Å². The third-order valence-electron chi connectivity index (χ3n) is 5.47. The zero-order valence-electron chi connectivity index (χ0n) is 16.7. The maximum absolute atomic E-state index is 12.4. The number of benzene rings is 1. The normalized spacial score (nSPS) is 19.8. The Hall–Kier alpha value is -1.92. The van der Waals surface area contributed by atoms with Gasteiger partial charge in [0.15, 0.2) is 13.1 Å². The van der Waals surface area contributed by atoms with Gasteiger partial charge in [-0.3, -0.25) is 9.59 Å². The van der Waals surface area contributed by atoms with Crippen molar-refractivity contribution in [3.8, 4) is 0 Å². The molecule has 2 rings (SSSR count). The Labute approximate surface area is 157 Å². The van der Waals surface area contributed by atoms with Gasteiger partial charge in [-0.2, -0.15) is 0 Å². The van der Waals surface area contributed by atoms with Crippen LogP contribution in [0.3, 0.4) is 0 Å². The maximum Gasteiger partial charge on any atom is 0.279 e. The summed E-state index contributed by atoms with van der Waals surface area (Å²) in [5.41, 5.74) is 3.22. The molecule has 144 valence electrons. The van der Waals surface area contributed by atoms with Gasteiger partial charge in [0, 0.05) is 18.8 Å². The molecule has 26 heavy (non-hydrogen) atoms. The number of carbonyl (C=O) groups excluding carboxylic acids is 2. The molecule has 1 heterocycles. The summed E-state index contributed by atoms with van der Waals surface area (Å²) >= 11 is 0. The average Bonchev–Trinajstić information content (AvgIpc) is 2.62. The number of nitrogens with zero attached hydrogens (tertiary/aromatic N) is 1. The summed E-state index contributed by atoms with van der Waals surface area (Å²) < 4.78 is 0. The van der Waals surface area contributed by atoms with Crippen LogP contribution in [0.25, 0.3) is 0 Å². The molecule has 0 aromatic heterocycles. The first kappa shape index (κ1) is 20.4. The number of hydrogen-bond acceptors (Lipinski definition) is 2. The van der Waals surface area contributed by atoms with Crippen LogP contribution in [-0.4, -0.2) is 69.1 Å². The topological polar surface area (TPSA) is 58.3 Å². The molecule has 1 aromatic carbocycles. The number of hydrogen-bond donors (Lipinski definition) is 3. The molecule has 0 atom stereocenters. The second-order valence-electron chi connectivity index (χ2n) is 7.22. The van der Waals surface area contributed by atoms with Crippen LogP contribution in [-0.2, 0) is 9.59 Å². The fourth-order valence-corrected chi connectivity index (χ4v) is 3.52. The number of rotatable bonds is 7. The molecule has 0 unspecified atom stereocenters. The van der Waals surface area contributed by atoms with Gasteiger partial charge in [0.2, 0.25) is 0 Å². The molecular formula is C20H34N4O2+2. The highest BCUT2D eigenvalue weighted by Gasteiger charge is 2.27. The minimum absolute atomic E-state index is 0.0661. The van der Waals surface area contributed by atoms with Crippen molar-refractivity contribution >= 4 is 17.5 Å². The van der Waals surface area contributed by atoms with Crippen LogP contribution in [0.5, 0.6) is 0 Å². The van der Waals surface area contributed by atoms with E-state index in [4.69, 9.17) is 0 Å². The van der Waals surface area contributed by atoms with E-state index in [0.717, 1.165) is 50.5 Å². The molecule has 1 aromatic rings. The van der Waals surface area contributed by atoms with E-state index in [1.807, 2.05) is 37.8 Å². The lowest BCUT2D eigenvalue weighted by atomic mass is 10.1. The van der Waals surface area contributed by atoms with E-state index in [1.54, 1.807) is 0 Å². The molecule has 0 bridgehead atoms. The molecule has 3 N–H and O–H groups in total. The van der Waals surface area contributed by atoms with Crippen LogP contribution in [0.4, 0.5) is 5.69 Å². The Bertz CT molecular complexity index is 620. The molecule has 1 saturated heterocycles. The summed E-state index contributed by atoms with van der Waals surface area (Å²) in [7, 11) is 0. The predicted molar refractivity (Wildman–Crippen MR) is 104 cm³/mol. The zero-order valence-corrected chi connectivity index (χ0v) is 16.7. The number of amides is 2. The minimum atomic E-state index is 0.0661. The first-order chi connectivity index (χ1) is 12.4. The van der Waals surface area contributed by atoms with Gasteiger partial charge in [-0.05, 0) is 44.9 Å². The van der Waals surface area contributed by atoms with Crippen LogP contribution < -0.4 is 15.1 Å². The SMILES string of the molecule is CCN(CC)C(=O)C[NH+]1CC[NH+](CC(=O)Nc2cccc(C)c2C)CC1. The van der Waals surface area contributed by atoms with Crippen LogP contribution in [0.2, 0.25) is 0 Å². The maximum atomic E-state index is 12.4. The van der Waals surface area contributed by atoms with E-state index in [9.17, 15) is 9.59 Å². The summed E-state index contributed by atoms with van der Waals surface area (Å²) in [5, 5.41) is 3.04. The third kappa shape index (κ3) is 5.54. The van der Waals surface area contributed by atoms with E-state index in [1.165, 1.54) is 15.4 Å². The van der Waals surface area contributed by atoms with Gasteiger partial charge in [-0.1, -0.05) is 12.1 Å². The van der Waals surface area contributed by atoms with Crippen molar-refractivity contribution in [3.63, 3.8) is 0 Å². The Morgan fingerprint density at radius 3 is 2.15 bits per heavy atom. The largest absolute Gasteiger partial charge is 0.338 e. The smallest absolute Gasteiger partial charge is 0.279 e. The molecule has 1 aliphatic heterocycles. The third-order valence-corrected chi connectivity index (χ3v) is 5.47. The average molecular weight is 363 g/mol. The van der Waals surface area contributed by atoms with E-state index in [2.05, 4.69) is 18.3 Å². The molecule has 6 nitrogen and oxygen atoms in total. The number of anilines is 1.